The Morgan fingerprint density at radius 1 is 1.07 bits per heavy atom. The molecule has 0 bridgehead atoms. The van der Waals surface area contributed by atoms with Crippen molar-refractivity contribution in [3.05, 3.63) is 94.0 Å². The molecule has 0 atom stereocenters. The van der Waals surface area contributed by atoms with Gasteiger partial charge in [0.05, 0.1) is 17.8 Å². The van der Waals surface area contributed by atoms with Crippen molar-refractivity contribution in [1.29, 1.82) is 0 Å². The number of amides is 1. The zero-order valence-electron chi connectivity index (χ0n) is 15.5. The molecule has 3 aromatic carbocycles. The molecule has 3 rings (SSSR count). The number of methoxy groups -OCH3 is 1. The van der Waals surface area contributed by atoms with Crippen LogP contribution in [0.1, 0.15) is 16.7 Å². The minimum Gasteiger partial charge on any atom is -0.506 e. The molecule has 1 amide bonds. The number of hydrogen-bond donors (Lipinski definition) is 3. The van der Waals surface area contributed by atoms with Gasteiger partial charge < -0.3 is 14.9 Å². The Bertz CT molecular complexity index is 984. The zero-order chi connectivity index (χ0) is 20.9. The fourth-order valence-corrected chi connectivity index (χ4v) is 3.29. The Morgan fingerprint density at radius 3 is 2.14 bits per heavy atom. The number of nitrogens with one attached hydrogen (secondary N) is 1. The predicted molar refractivity (Wildman–Crippen MR) is 114 cm³/mol. The summed E-state index contributed by atoms with van der Waals surface area (Å²) in [6, 6.07) is 20.4. The molecule has 0 aliphatic heterocycles. The zero-order valence-corrected chi connectivity index (χ0v) is 17.1. The summed E-state index contributed by atoms with van der Waals surface area (Å²) in [6.45, 7) is 0. The largest absolute Gasteiger partial charge is 0.506 e. The lowest BCUT2D eigenvalue weighted by Gasteiger charge is -2.27. The van der Waals surface area contributed by atoms with E-state index in [0.717, 1.165) is 0 Å². The molecule has 0 heterocycles. The molecule has 0 spiro atoms. The molecule has 0 saturated carbocycles. The van der Waals surface area contributed by atoms with E-state index in [9.17, 15) is 15.0 Å². The SMILES string of the molecule is COc1cc(Br)c(O)c(/C=N\NC(=O)C(O)(c2ccccc2)c2ccccc2)c1. The number of carbonyl (C=O) groups excluding carboxylic acids is 1. The van der Waals surface area contributed by atoms with Crippen molar-refractivity contribution in [3.63, 3.8) is 0 Å². The topological polar surface area (TPSA) is 91.2 Å². The number of rotatable bonds is 6. The van der Waals surface area contributed by atoms with Gasteiger partial charge in [0.2, 0.25) is 0 Å². The van der Waals surface area contributed by atoms with Crippen LogP contribution in [-0.2, 0) is 10.4 Å². The summed E-state index contributed by atoms with van der Waals surface area (Å²) < 4.78 is 5.58. The van der Waals surface area contributed by atoms with E-state index in [1.807, 2.05) is 0 Å². The Morgan fingerprint density at radius 2 is 1.62 bits per heavy atom. The highest BCUT2D eigenvalue weighted by Gasteiger charge is 2.39. The number of nitrogens with zero attached hydrogens (tertiary/aromatic N) is 1. The second-order valence-electron chi connectivity index (χ2n) is 6.19. The van der Waals surface area contributed by atoms with Gasteiger partial charge in [0.15, 0.2) is 5.60 Å². The standard InChI is InChI=1S/C22H19BrN2O4/c1-29-18-12-15(20(26)19(23)13-18)14-24-25-21(27)22(28,16-8-4-2-5-9-16)17-10-6-3-7-11-17/h2-14,26,28H,1H3,(H,25,27)/b24-14-. The molecule has 3 aromatic rings. The molecular formula is C22H19BrN2O4. The third-order valence-corrected chi connectivity index (χ3v) is 4.99. The summed E-state index contributed by atoms with van der Waals surface area (Å²) >= 11 is 3.23. The van der Waals surface area contributed by atoms with E-state index in [-0.39, 0.29) is 5.75 Å². The van der Waals surface area contributed by atoms with Gasteiger partial charge in [-0.2, -0.15) is 5.10 Å². The normalized spacial score (nSPS) is 11.4. The molecule has 0 saturated heterocycles. The molecule has 0 fully saturated rings. The van der Waals surface area contributed by atoms with Crippen molar-refractivity contribution in [2.45, 2.75) is 5.60 Å². The van der Waals surface area contributed by atoms with Crippen molar-refractivity contribution >= 4 is 28.1 Å². The van der Waals surface area contributed by atoms with Crippen molar-refractivity contribution in [2.24, 2.45) is 5.10 Å². The summed E-state index contributed by atoms with van der Waals surface area (Å²) in [6.07, 6.45) is 1.27. The minimum atomic E-state index is -1.93. The van der Waals surface area contributed by atoms with Gasteiger partial charge in [0.25, 0.3) is 5.91 Å². The van der Waals surface area contributed by atoms with E-state index in [1.165, 1.54) is 13.3 Å². The van der Waals surface area contributed by atoms with Gasteiger partial charge in [-0.05, 0) is 39.2 Å². The number of hydrazone groups is 1. The number of aliphatic hydroxyl groups is 1. The average molecular weight is 455 g/mol. The van der Waals surface area contributed by atoms with Crippen LogP contribution in [0.3, 0.4) is 0 Å². The number of hydrogen-bond acceptors (Lipinski definition) is 5. The fraction of sp³-hybridized carbons (Fsp3) is 0.0909. The van der Waals surface area contributed by atoms with Crippen LogP contribution in [0.4, 0.5) is 0 Å². The summed E-state index contributed by atoms with van der Waals surface area (Å²) in [4.78, 5) is 13.0. The van der Waals surface area contributed by atoms with Gasteiger partial charge in [0.1, 0.15) is 11.5 Å². The number of ether oxygens (including phenoxy) is 1. The molecule has 0 unspecified atom stereocenters. The third-order valence-electron chi connectivity index (χ3n) is 4.38. The molecule has 0 aliphatic carbocycles. The number of halogens is 1. The van der Waals surface area contributed by atoms with E-state index in [1.54, 1.807) is 72.8 Å². The molecule has 3 N–H and O–H groups in total. The molecule has 148 valence electrons. The summed E-state index contributed by atoms with van der Waals surface area (Å²) in [5.41, 5.74) is 1.58. The highest BCUT2D eigenvalue weighted by atomic mass is 79.9. The number of carbonyl (C=O) groups is 1. The first-order chi connectivity index (χ1) is 14.0. The molecule has 6 nitrogen and oxygen atoms in total. The first kappa shape index (κ1) is 20.6. The van der Waals surface area contributed by atoms with E-state index in [0.29, 0.717) is 26.9 Å². The fourth-order valence-electron chi connectivity index (χ4n) is 2.84. The van der Waals surface area contributed by atoms with Crippen molar-refractivity contribution in [3.8, 4) is 11.5 Å². The maximum absolute atomic E-state index is 13.0. The molecule has 0 radical (unpaired) electrons. The molecular weight excluding hydrogens is 436 g/mol. The van der Waals surface area contributed by atoms with Crippen LogP contribution in [0.5, 0.6) is 11.5 Å². The monoisotopic (exact) mass is 454 g/mol. The van der Waals surface area contributed by atoms with Gasteiger partial charge in [-0.25, -0.2) is 5.43 Å². The minimum absolute atomic E-state index is 0.0508. The van der Waals surface area contributed by atoms with Gasteiger partial charge in [-0.1, -0.05) is 60.7 Å². The lowest BCUT2D eigenvalue weighted by molar-refractivity contribution is -0.136. The average Bonchev–Trinajstić information content (AvgIpc) is 2.77. The van der Waals surface area contributed by atoms with Crippen LogP contribution in [-0.4, -0.2) is 29.4 Å². The highest BCUT2D eigenvalue weighted by molar-refractivity contribution is 9.10. The molecule has 7 heteroatoms. The van der Waals surface area contributed by atoms with Gasteiger partial charge in [-0.3, -0.25) is 4.79 Å². The van der Waals surface area contributed by atoms with E-state index in [4.69, 9.17) is 4.74 Å². The molecule has 29 heavy (non-hydrogen) atoms. The second kappa shape index (κ2) is 8.89. The van der Waals surface area contributed by atoms with Crippen LogP contribution in [0.15, 0.2) is 82.4 Å². The van der Waals surface area contributed by atoms with Crippen LogP contribution >= 0.6 is 15.9 Å². The number of benzene rings is 3. The lowest BCUT2D eigenvalue weighted by Crippen LogP contribution is -2.43. The van der Waals surface area contributed by atoms with Crippen molar-refractivity contribution < 1.29 is 19.7 Å². The van der Waals surface area contributed by atoms with Crippen molar-refractivity contribution in [1.82, 2.24) is 5.43 Å². The second-order valence-corrected chi connectivity index (χ2v) is 7.04. The Balaban J connectivity index is 1.91. The lowest BCUT2D eigenvalue weighted by atomic mass is 9.85. The summed E-state index contributed by atoms with van der Waals surface area (Å²) in [7, 11) is 1.50. The Kier molecular flexibility index (Phi) is 6.31. The Hall–Kier alpha value is -3.16. The number of aromatic hydroxyl groups is 1. The van der Waals surface area contributed by atoms with Crippen molar-refractivity contribution in [2.75, 3.05) is 7.11 Å². The highest BCUT2D eigenvalue weighted by Crippen LogP contribution is 2.32. The number of phenolic OH excluding ortho intramolecular Hbond substituents is 1. The quantitative estimate of drug-likeness (QED) is 0.392. The van der Waals surface area contributed by atoms with Crippen LogP contribution in [0.25, 0.3) is 0 Å². The van der Waals surface area contributed by atoms with Gasteiger partial charge in [-0.15, -0.1) is 0 Å². The van der Waals surface area contributed by atoms with E-state index in [2.05, 4.69) is 26.5 Å². The van der Waals surface area contributed by atoms with Crippen LogP contribution in [0, 0.1) is 0 Å². The summed E-state index contributed by atoms with van der Waals surface area (Å²) in [5.74, 6) is -0.273. The van der Waals surface area contributed by atoms with Crippen LogP contribution < -0.4 is 10.2 Å². The Labute approximate surface area is 176 Å². The maximum atomic E-state index is 13.0. The smallest absolute Gasteiger partial charge is 0.281 e. The van der Waals surface area contributed by atoms with E-state index < -0.39 is 11.5 Å². The molecule has 0 aromatic heterocycles. The first-order valence-corrected chi connectivity index (χ1v) is 9.49. The number of phenols is 1. The predicted octanol–water partition coefficient (Wildman–Crippen LogP) is 3.55. The third kappa shape index (κ3) is 4.31. The van der Waals surface area contributed by atoms with Gasteiger partial charge in [0, 0.05) is 5.56 Å². The maximum Gasteiger partial charge on any atom is 0.281 e. The summed E-state index contributed by atoms with van der Waals surface area (Å²) in [5, 5.41) is 25.4. The van der Waals surface area contributed by atoms with E-state index >= 15 is 0 Å². The van der Waals surface area contributed by atoms with Crippen LogP contribution in [0.2, 0.25) is 0 Å². The first-order valence-electron chi connectivity index (χ1n) is 8.70. The van der Waals surface area contributed by atoms with Gasteiger partial charge >= 0.3 is 0 Å². The molecule has 0 aliphatic rings.